The van der Waals surface area contributed by atoms with Crippen LogP contribution in [-0.2, 0) is 4.79 Å². The molecule has 0 bridgehead atoms. The van der Waals surface area contributed by atoms with Gasteiger partial charge in [0.2, 0.25) is 0 Å². The van der Waals surface area contributed by atoms with Gasteiger partial charge in [0, 0.05) is 42.8 Å². The van der Waals surface area contributed by atoms with Crippen molar-refractivity contribution in [2.75, 3.05) is 44.2 Å². The number of nitrogens with zero attached hydrogens (tertiary/aromatic N) is 7. The van der Waals surface area contributed by atoms with Gasteiger partial charge < -0.3 is 14.5 Å². The number of aromatic nitrogens is 3. The molecular weight excluding hydrogens is 657 g/mol. The first-order valence-corrected chi connectivity index (χ1v) is 15.6. The molecule has 2 saturated heterocycles. The molecule has 2 aromatic carbocycles. The average molecular weight is 686 g/mol. The Morgan fingerprint density at radius 3 is 2.71 bits per heavy atom. The predicted molar refractivity (Wildman–Crippen MR) is 169 cm³/mol. The first kappa shape index (κ1) is 33.3. The number of hydrogen-bond acceptors (Lipinski definition) is 8. The van der Waals surface area contributed by atoms with E-state index in [1.165, 1.54) is 23.2 Å². The Kier molecular flexibility index (Phi) is 9.61. The molecule has 250 valence electrons. The predicted octanol–water partition coefficient (Wildman–Crippen LogP) is 6.30. The van der Waals surface area contributed by atoms with Crippen molar-refractivity contribution >= 4 is 45.0 Å². The number of nitriles is 1. The van der Waals surface area contributed by atoms with Gasteiger partial charge in [0.1, 0.15) is 29.5 Å². The van der Waals surface area contributed by atoms with Crippen molar-refractivity contribution in [3.63, 3.8) is 0 Å². The summed E-state index contributed by atoms with van der Waals surface area (Å²) >= 11 is 6.33. The highest BCUT2D eigenvalue weighted by atomic mass is 35.5. The van der Waals surface area contributed by atoms with Crippen LogP contribution in [0.3, 0.4) is 0 Å². The molecular formula is C33H29ClF5N7O2. The van der Waals surface area contributed by atoms with E-state index in [0.717, 1.165) is 0 Å². The van der Waals surface area contributed by atoms with Gasteiger partial charge in [0.15, 0.2) is 11.6 Å². The number of carbonyl (C=O) groups excluding carboxylic acids is 1. The maximum Gasteiger partial charge on any atom is 0.319 e. The largest absolute Gasteiger partial charge is 0.462 e. The van der Waals surface area contributed by atoms with Crippen LogP contribution in [0.1, 0.15) is 19.3 Å². The molecule has 0 N–H and O–H groups in total. The average Bonchev–Trinajstić information content (AvgIpc) is 3.51. The van der Waals surface area contributed by atoms with E-state index >= 15 is 4.39 Å². The van der Waals surface area contributed by atoms with Crippen molar-refractivity contribution in [1.82, 2.24) is 24.8 Å². The van der Waals surface area contributed by atoms with Crippen LogP contribution in [0.25, 0.3) is 32.9 Å². The zero-order chi connectivity index (χ0) is 34.1. The Hall–Kier alpha value is -4.61. The highest BCUT2D eigenvalue weighted by molar-refractivity contribution is 6.36. The van der Waals surface area contributed by atoms with E-state index in [1.54, 1.807) is 28.0 Å². The van der Waals surface area contributed by atoms with Crippen LogP contribution in [0.4, 0.5) is 27.8 Å². The Balaban J connectivity index is 1.44. The number of halogens is 6. The van der Waals surface area contributed by atoms with Gasteiger partial charge >= 0.3 is 6.01 Å². The number of likely N-dealkylation sites (tertiary alicyclic amines) is 1. The topological polar surface area (TPSA) is 98.5 Å². The molecule has 4 heterocycles. The normalized spacial score (nSPS) is 18.5. The molecule has 2 fully saturated rings. The number of ether oxygens (including phenoxy) is 1. The molecule has 0 spiro atoms. The second kappa shape index (κ2) is 13.9. The molecule has 6 rings (SSSR count). The van der Waals surface area contributed by atoms with Crippen LogP contribution < -0.4 is 9.64 Å². The molecule has 48 heavy (non-hydrogen) atoms. The summed E-state index contributed by atoms with van der Waals surface area (Å²) in [5.74, 6) is -3.47. The zero-order valence-corrected chi connectivity index (χ0v) is 26.2. The molecule has 2 aliphatic rings. The van der Waals surface area contributed by atoms with Crippen LogP contribution in [0.15, 0.2) is 48.9 Å². The monoisotopic (exact) mass is 685 g/mol. The van der Waals surface area contributed by atoms with E-state index in [2.05, 4.69) is 21.5 Å². The summed E-state index contributed by atoms with van der Waals surface area (Å²) < 4.78 is 77.3. The number of amides is 1. The lowest BCUT2D eigenvalue weighted by Gasteiger charge is -2.41. The quantitative estimate of drug-likeness (QED) is 0.150. The fourth-order valence-corrected chi connectivity index (χ4v) is 6.72. The highest BCUT2D eigenvalue weighted by Crippen LogP contribution is 2.38. The molecule has 2 aromatic heterocycles. The van der Waals surface area contributed by atoms with E-state index in [4.69, 9.17) is 16.3 Å². The van der Waals surface area contributed by atoms with E-state index in [1.807, 2.05) is 6.07 Å². The van der Waals surface area contributed by atoms with Crippen LogP contribution in [0.5, 0.6) is 6.01 Å². The van der Waals surface area contributed by atoms with Gasteiger partial charge in [-0.25, -0.2) is 22.0 Å². The molecule has 0 radical (unpaired) electrons. The molecule has 1 amide bonds. The maximum absolute atomic E-state index is 16.6. The molecule has 2 atom stereocenters. The van der Waals surface area contributed by atoms with Crippen molar-refractivity contribution in [3.8, 4) is 23.3 Å². The van der Waals surface area contributed by atoms with Crippen molar-refractivity contribution in [1.29, 1.82) is 5.26 Å². The molecule has 4 aromatic rings. The summed E-state index contributed by atoms with van der Waals surface area (Å²) in [4.78, 5) is 30.4. The van der Waals surface area contributed by atoms with Gasteiger partial charge in [-0.05, 0) is 30.8 Å². The third-order valence-corrected chi connectivity index (χ3v) is 9.08. The second-order valence-corrected chi connectivity index (χ2v) is 12.0. The second-order valence-electron chi connectivity index (χ2n) is 11.6. The summed E-state index contributed by atoms with van der Waals surface area (Å²) in [6.45, 7) is 3.28. The molecule has 9 nitrogen and oxygen atoms in total. The zero-order valence-electron chi connectivity index (χ0n) is 25.5. The number of pyridine rings is 1. The molecule has 0 saturated carbocycles. The van der Waals surface area contributed by atoms with E-state index < -0.39 is 42.4 Å². The molecule has 2 aliphatic heterocycles. The standard InChI is InChI=1S/C33H29ClF5N7O2/c1-18(35)32(47)46-13-12-45(15-20(46)9-10-40)31-23-14-41-29(22-6-2-4-19-7-8-24(36)27(34)26(19)22)28(39)30(23)42-33(43-31)48-17-21-5-3-11-44(21)16-25(37)38/h2,4,6-8,14,20-21,25H,1,3,5,9,11-13,15-17H2/t20-,21-/m0/s1. The highest BCUT2D eigenvalue weighted by Gasteiger charge is 2.34. The smallest absolute Gasteiger partial charge is 0.319 e. The Morgan fingerprint density at radius 2 is 1.96 bits per heavy atom. The first-order chi connectivity index (χ1) is 23.1. The molecule has 0 aliphatic carbocycles. The van der Waals surface area contributed by atoms with Crippen molar-refractivity contribution in [2.45, 2.75) is 37.8 Å². The van der Waals surface area contributed by atoms with Crippen LogP contribution in [-0.4, -0.2) is 88.5 Å². The third-order valence-electron chi connectivity index (χ3n) is 8.71. The summed E-state index contributed by atoms with van der Waals surface area (Å²) in [5.41, 5.74) is -0.123. The summed E-state index contributed by atoms with van der Waals surface area (Å²) in [5, 5.41) is 10.2. The van der Waals surface area contributed by atoms with E-state index in [9.17, 15) is 27.6 Å². The van der Waals surface area contributed by atoms with Crippen LogP contribution >= 0.6 is 11.6 Å². The van der Waals surface area contributed by atoms with Crippen molar-refractivity contribution in [2.24, 2.45) is 0 Å². The van der Waals surface area contributed by atoms with E-state index in [-0.39, 0.29) is 83.1 Å². The number of piperazine rings is 1. The van der Waals surface area contributed by atoms with Gasteiger partial charge in [-0.2, -0.15) is 15.2 Å². The Labute approximate surface area is 277 Å². The number of benzene rings is 2. The minimum Gasteiger partial charge on any atom is -0.462 e. The minimum atomic E-state index is -2.52. The lowest BCUT2D eigenvalue weighted by Crippen LogP contribution is -2.55. The van der Waals surface area contributed by atoms with Crippen LogP contribution in [0.2, 0.25) is 5.02 Å². The Bertz CT molecular complexity index is 1940. The van der Waals surface area contributed by atoms with Gasteiger partial charge in [-0.15, -0.1) is 0 Å². The lowest BCUT2D eigenvalue weighted by atomic mass is 10.0. The van der Waals surface area contributed by atoms with Gasteiger partial charge in [-0.3, -0.25) is 14.7 Å². The van der Waals surface area contributed by atoms with Crippen LogP contribution in [0, 0.1) is 23.0 Å². The van der Waals surface area contributed by atoms with Gasteiger partial charge in [-0.1, -0.05) is 42.4 Å². The minimum absolute atomic E-state index is 0.00846. The number of rotatable bonds is 9. The third kappa shape index (κ3) is 6.44. The van der Waals surface area contributed by atoms with Crippen molar-refractivity contribution in [3.05, 3.63) is 65.6 Å². The van der Waals surface area contributed by atoms with Crippen molar-refractivity contribution < 1.29 is 31.5 Å². The lowest BCUT2D eigenvalue weighted by molar-refractivity contribution is -0.131. The van der Waals surface area contributed by atoms with E-state index in [0.29, 0.717) is 24.8 Å². The fraction of sp³-hybridized carbons (Fsp3) is 0.364. The molecule has 0 unspecified atom stereocenters. The summed E-state index contributed by atoms with van der Waals surface area (Å²) in [6, 6.07) is 8.35. The maximum atomic E-state index is 16.6. The molecule has 15 heteroatoms. The summed E-state index contributed by atoms with van der Waals surface area (Å²) in [6.07, 6.45) is 0.0298. The summed E-state index contributed by atoms with van der Waals surface area (Å²) in [7, 11) is 0. The van der Waals surface area contributed by atoms with Gasteiger partial charge in [0.25, 0.3) is 12.3 Å². The number of anilines is 1. The SMILES string of the molecule is C=C(F)C(=O)N1CCN(c2nc(OC[C@@H]3CCCN3CC(F)F)nc3c(F)c(-c4cccc5ccc(F)c(Cl)c45)ncc23)C[C@@H]1CC#N. The first-order valence-electron chi connectivity index (χ1n) is 15.2. The van der Waals surface area contributed by atoms with Gasteiger partial charge in [0.05, 0.1) is 35.5 Å². The number of alkyl halides is 2. The number of carbonyl (C=O) groups is 1. The Morgan fingerprint density at radius 1 is 1.15 bits per heavy atom. The fourth-order valence-electron chi connectivity index (χ4n) is 6.45. The number of fused-ring (bicyclic) bond motifs is 2. The number of hydrogen-bond donors (Lipinski definition) is 0.